The van der Waals surface area contributed by atoms with Crippen LogP contribution in [0.5, 0.6) is 0 Å². The van der Waals surface area contributed by atoms with Crippen molar-refractivity contribution in [3.63, 3.8) is 0 Å². The molecule has 1 aromatic carbocycles. The third kappa shape index (κ3) is 7.71. The molecule has 0 aliphatic carbocycles. The third-order valence-corrected chi connectivity index (χ3v) is 4.39. The van der Waals surface area contributed by atoms with Gasteiger partial charge in [0.25, 0.3) is 0 Å². The molecule has 5 nitrogen and oxygen atoms in total. The van der Waals surface area contributed by atoms with Gasteiger partial charge in [0.2, 0.25) is 0 Å². The van der Waals surface area contributed by atoms with Crippen LogP contribution in [0.4, 0.5) is 0 Å². The molecule has 0 saturated carbocycles. The highest BCUT2D eigenvalue weighted by Crippen LogP contribution is 2.16. The van der Waals surface area contributed by atoms with Crippen molar-refractivity contribution in [3.05, 3.63) is 48.6 Å². The first-order valence-electron chi connectivity index (χ1n) is 9.25. The second-order valence-corrected chi connectivity index (χ2v) is 6.35. The van der Waals surface area contributed by atoms with Crippen LogP contribution in [0.25, 0.3) is 0 Å². The normalized spacial score (nSPS) is 16.6. The Hall–Kier alpha value is -1.85. The fraction of sp³-hybridized carbons (Fsp3) is 0.550. The quantitative estimate of drug-likeness (QED) is 0.313. The number of aliphatic imine (C=N–C) groups is 1. The molecule has 0 amide bonds. The van der Waals surface area contributed by atoms with Crippen molar-refractivity contribution in [3.8, 4) is 0 Å². The number of guanidine groups is 1. The Morgan fingerprint density at radius 2 is 2.04 bits per heavy atom. The maximum Gasteiger partial charge on any atom is 0.191 e. The first-order chi connectivity index (χ1) is 12.3. The molecular formula is C20H32N4O. The highest BCUT2D eigenvalue weighted by atomic mass is 16.5. The summed E-state index contributed by atoms with van der Waals surface area (Å²) in [6, 6.07) is 10.7. The highest BCUT2D eigenvalue weighted by Gasteiger charge is 2.19. The van der Waals surface area contributed by atoms with Crippen LogP contribution in [0.15, 0.2) is 48.0 Å². The second-order valence-electron chi connectivity index (χ2n) is 6.35. The van der Waals surface area contributed by atoms with E-state index in [1.165, 1.54) is 5.56 Å². The van der Waals surface area contributed by atoms with Crippen molar-refractivity contribution in [1.29, 1.82) is 0 Å². The first kappa shape index (κ1) is 19.5. The van der Waals surface area contributed by atoms with Gasteiger partial charge in [0, 0.05) is 46.4 Å². The Balaban J connectivity index is 1.53. The van der Waals surface area contributed by atoms with Crippen LogP contribution in [0.3, 0.4) is 0 Å². The minimum atomic E-state index is 0.408. The van der Waals surface area contributed by atoms with Crippen molar-refractivity contribution in [2.75, 3.05) is 39.8 Å². The SMILES string of the molecule is C=CCNC(=NC)NCCCOC1CCN(Cc2ccccc2)CC1. The van der Waals surface area contributed by atoms with Gasteiger partial charge >= 0.3 is 0 Å². The largest absolute Gasteiger partial charge is 0.378 e. The van der Waals surface area contributed by atoms with Gasteiger partial charge in [-0.05, 0) is 24.8 Å². The minimum absolute atomic E-state index is 0.408. The molecule has 5 heteroatoms. The molecule has 0 radical (unpaired) electrons. The summed E-state index contributed by atoms with van der Waals surface area (Å²) in [6.45, 7) is 9.37. The lowest BCUT2D eigenvalue weighted by Gasteiger charge is -2.32. The lowest BCUT2D eigenvalue weighted by molar-refractivity contribution is 0.00534. The van der Waals surface area contributed by atoms with Crippen molar-refractivity contribution >= 4 is 5.96 Å². The van der Waals surface area contributed by atoms with Gasteiger partial charge in [-0.2, -0.15) is 0 Å². The summed E-state index contributed by atoms with van der Waals surface area (Å²) < 4.78 is 6.03. The number of benzene rings is 1. The van der Waals surface area contributed by atoms with Gasteiger partial charge in [-0.25, -0.2) is 0 Å². The van der Waals surface area contributed by atoms with E-state index in [-0.39, 0.29) is 0 Å². The number of ether oxygens (including phenoxy) is 1. The molecule has 1 saturated heterocycles. The molecule has 1 aromatic rings. The predicted octanol–water partition coefficient (Wildman–Crippen LogP) is 2.41. The molecule has 1 fully saturated rings. The van der Waals surface area contributed by atoms with Crippen LogP contribution in [0.1, 0.15) is 24.8 Å². The molecule has 138 valence electrons. The second kappa shape index (κ2) is 11.7. The average Bonchev–Trinajstić information content (AvgIpc) is 2.66. The van der Waals surface area contributed by atoms with E-state index in [9.17, 15) is 0 Å². The van der Waals surface area contributed by atoms with Crippen LogP contribution in [0, 0.1) is 0 Å². The highest BCUT2D eigenvalue weighted by molar-refractivity contribution is 5.79. The van der Waals surface area contributed by atoms with Gasteiger partial charge in [0.05, 0.1) is 6.10 Å². The average molecular weight is 345 g/mol. The monoisotopic (exact) mass is 344 g/mol. The van der Waals surface area contributed by atoms with E-state index in [2.05, 4.69) is 57.4 Å². The van der Waals surface area contributed by atoms with Crippen molar-refractivity contribution in [2.45, 2.75) is 31.9 Å². The Labute approximate surface area is 152 Å². The summed E-state index contributed by atoms with van der Waals surface area (Å²) in [6.07, 6.45) is 5.47. The van der Waals surface area contributed by atoms with Crippen LogP contribution < -0.4 is 10.6 Å². The number of likely N-dealkylation sites (tertiary alicyclic amines) is 1. The van der Waals surface area contributed by atoms with Gasteiger partial charge in [0.15, 0.2) is 5.96 Å². The van der Waals surface area contributed by atoms with Crippen molar-refractivity contribution in [1.82, 2.24) is 15.5 Å². The molecule has 0 aromatic heterocycles. The van der Waals surface area contributed by atoms with E-state index >= 15 is 0 Å². The summed E-state index contributed by atoms with van der Waals surface area (Å²) in [7, 11) is 1.78. The molecule has 1 aliphatic heterocycles. The third-order valence-electron chi connectivity index (χ3n) is 4.39. The van der Waals surface area contributed by atoms with Gasteiger partial charge in [0.1, 0.15) is 0 Å². The van der Waals surface area contributed by atoms with Crippen molar-refractivity contribution < 1.29 is 4.74 Å². The molecular weight excluding hydrogens is 312 g/mol. The summed E-state index contributed by atoms with van der Waals surface area (Å²) in [4.78, 5) is 6.68. The van der Waals surface area contributed by atoms with E-state index in [1.54, 1.807) is 7.05 Å². The number of nitrogens with zero attached hydrogens (tertiary/aromatic N) is 2. The Morgan fingerprint density at radius 1 is 1.28 bits per heavy atom. The standard InChI is InChI=1S/C20H32N4O/c1-3-12-22-20(21-2)23-13-7-16-25-19-10-14-24(15-11-19)17-18-8-5-4-6-9-18/h3-6,8-9,19H,1,7,10-17H2,2H3,(H2,21,22,23). The van der Waals surface area contributed by atoms with E-state index in [0.717, 1.165) is 64.6 Å². The number of piperidine rings is 1. The van der Waals surface area contributed by atoms with Crippen LogP contribution in [-0.2, 0) is 11.3 Å². The Bertz CT molecular complexity index is 510. The van der Waals surface area contributed by atoms with Crippen LogP contribution >= 0.6 is 0 Å². The molecule has 1 aliphatic rings. The summed E-state index contributed by atoms with van der Waals surface area (Å²) in [5.41, 5.74) is 1.39. The maximum atomic E-state index is 6.03. The van der Waals surface area contributed by atoms with Crippen LogP contribution in [-0.4, -0.2) is 56.8 Å². The first-order valence-corrected chi connectivity index (χ1v) is 9.25. The molecule has 2 rings (SSSR count). The lowest BCUT2D eigenvalue weighted by atomic mass is 10.1. The lowest BCUT2D eigenvalue weighted by Crippen LogP contribution is -2.38. The molecule has 2 N–H and O–H groups in total. The summed E-state index contributed by atoms with van der Waals surface area (Å²) >= 11 is 0. The van der Waals surface area contributed by atoms with Gasteiger partial charge in [-0.1, -0.05) is 36.4 Å². The van der Waals surface area contributed by atoms with Gasteiger partial charge in [-0.15, -0.1) is 6.58 Å². The number of rotatable bonds is 9. The zero-order chi connectivity index (χ0) is 17.7. The minimum Gasteiger partial charge on any atom is -0.378 e. The summed E-state index contributed by atoms with van der Waals surface area (Å²) in [5.74, 6) is 0.814. The molecule has 25 heavy (non-hydrogen) atoms. The van der Waals surface area contributed by atoms with Crippen LogP contribution in [0.2, 0.25) is 0 Å². The van der Waals surface area contributed by atoms with E-state index in [4.69, 9.17) is 4.74 Å². The van der Waals surface area contributed by atoms with E-state index in [1.807, 2.05) is 6.08 Å². The Kier molecular flexibility index (Phi) is 9.08. The number of nitrogens with one attached hydrogen (secondary N) is 2. The number of hydrogen-bond donors (Lipinski definition) is 2. The predicted molar refractivity (Wildman–Crippen MR) is 105 cm³/mol. The summed E-state index contributed by atoms with van der Waals surface area (Å²) in [5, 5.41) is 6.44. The molecule has 0 spiro atoms. The molecule has 0 atom stereocenters. The van der Waals surface area contributed by atoms with Crippen molar-refractivity contribution in [2.24, 2.45) is 4.99 Å². The zero-order valence-corrected chi connectivity index (χ0v) is 15.4. The van der Waals surface area contributed by atoms with Gasteiger partial charge in [-0.3, -0.25) is 9.89 Å². The zero-order valence-electron chi connectivity index (χ0n) is 15.4. The topological polar surface area (TPSA) is 48.9 Å². The smallest absolute Gasteiger partial charge is 0.191 e. The maximum absolute atomic E-state index is 6.03. The Morgan fingerprint density at radius 3 is 2.72 bits per heavy atom. The fourth-order valence-corrected chi connectivity index (χ4v) is 2.99. The number of hydrogen-bond acceptors (Lipinski definition) is 3. The van der Waals surface area contributed by atoms with Gasteiger partial charge < -0.3 is 15.4 Å². The van der Waals surface area contributed by atoms with E-state index in [0.29, 0.717) is 6.10 Å². The molecule has 1 heterocycles. The molecule has 0 bridgehead atoms. The molecule has 0 unspecified atom stereocenters. The fourth-order valence-electron chi connectivity index (χ4n) is 2.99. The van der Waals surface area contributed by atoms with E-state index < -0.39 is 0 Å².